The van der Waals surface area contributed by atoms with Crippen molar-refractivity contribution in [3.8, 4) is 0 Å². The van der Waals surface area contributed by atoms with Gasteiger partial charge in [-0.2, -0.15) is 10.2 Å². The molecule has 0 aliphatic rings. The minimum Gasteiger partial charge on any atom is -0.342 e. The third-order valence-corrected chi connectivity index (χ3v) is 2.91. The van der Waals surface area contributed by atoms with Crippen molar-refractivity contribution >= 4 is 27.5 Å². The average molecular weight is 228 g/mol. The molecule has 6 nitrogen and oxygen atoms in total. The largest absolute Gasteiger partial charge is 0.342 e. The molecule has 0 saturated heterocycles. The Bertz CT molecular complexity index is 748. The molecule has 6 heteroatoms. The van der Waals surface area contributed by atoms with Crippen molar-refractivity contribution in [3.63, 3.8) is 0 Å². The van der Waals surface area contributed by atoms with Gasteiger partial charge >= 0.3 is 0 Å². The summed E-state index contributed by atoms with van der Waals surface area (Å²) >= 11 is 0. The average Bonchev–Trinajstić information content (AvgIpc) is 2.64. The molecule has 0 aliphatic carbocycles. The van der Waals surface area contributed by atoms with Crippen molar-refractivity contribution in [1.29, 1.82) is 0 Å². The predicted molar refractivity (Wildman–Crippen MR) is 62.7 cm³/mol. The van der Waals surface area contributed by atoms with Gasteiger partial charge in [-0.25, -0.2) is 0 Å². The van der Waals surface area contributed by atoms with Crippen LogP contribution in [0, 0.1) is 10.1 Å². The van der Waals surface area contributed by atoms with Crippen LogP contribution in [0.4, 0.5) is 5.69 Å². The van der Waals surface area contributed by atoms with Crippen molar-refractivity contribution in [1.82, 2.24) is 14.8 Å². The van der Waals surface area contributed by atoms with Crippen molar-refractivity contribution in [3.05, 3.63) is 40.7 Å². The van der Waals surface area contributed by atoms with Gasteiger partial charge in [-0.15, -0.1) is 0 Å². The van der Waals surface area contributed by atoms with Gasteiger partial charge in [0.1, 0.15) is 0 Å². The highest BCUT2D eigenvalue weighted by Crippen LogP contribution is 2.29. The zero-order valence-electron chi connectivity index (χ0n) is 8.99. The molecular weight excluding hydrogens is 220 g/mol. The zero-order valence-corrected chi connectivity index (χ0v) is 8.99. The number of aromatic nitrogens is 3. The molecular formula is C11H8N4O2. The molecule has 2 aromatic heterocycles. The molecule has 0 N–H and O–H groups in total. The van der Waals surface area contributed by atoms with Crippen LogP contribution >= 0.6 is 0 Å². The summed E-state index contributed by atoms with van der Waals surface area (Å²) in [6.07, 6.45) is 3.28. The number of nitro benzene ring substituents is 1. The molecule has 84 valence electrons. The number of hydrogen-bond acceptors (Lipinski definition) is 4. The van der Waals surface area contributed by atoms with Gasteiger partial charge in [0.15, 0.2) is 0 Å². The fraction of sp³-hybridized carbons (Fsp3) is 0.0909. The van der Waals surface area contributed by atoms with Crippen molar-refractivity contribution in [2.24, 2.45) is 7.05 Å². The second-order valence-electron chi connectivity index (χ2n) is 3.81. The first-order valence-electron chi connectivity index (χ1n) is 5.01. The van der Waals surface area contributed by atoms with Crippen LogP contribution < -0.4 is 0 Å². The summed E-state index contributed by atoms with van der Waals surface area (Å²) < 4.78 is 1.95. The van der Waals surface area contributed by atoms with Crippen LogP contribution in [0.2, 0.25) is 0 Å². The highest BCUT2D eigenvalue weighted by atomic mass is 16.6. The lowest BCUT2D eigenvalue weighted by molar-refractivity contribution is -0.384. The third-order valence-electron chi connectivity index (χ3n) is 2.91. The summed E-state index contributed by atoms with van der Waals surface area (Å²) in [6.45, 7) is 0. The van der Waals surface area contributed by atoms with E-state index in [-0.39, 0.29) is 5.69 Å². The van der Waals surface area contributed by atoms with E-state index in [1.807, 2.05) is 11.6 Å². The van der Waals surface area contributed by atoms with Crippen molar-refractivity contribution in [2.45, 2.75) is 0 Å². The SMILES string of the molecule is Cn1c2ccc([N+](=O)[O-])cc2c2cnncc21. The van der Waals surface area contributed by atoms with Gasteiger partial charge in [-0.05, 0) is 6.07 Å². The number of aryl methyl sites for hydroxylation is 1. The van der Waals surface area contributed by atoms with E-state index in [1.165, 1.54) is 6.07 Å². The second-order valence-corrected chi connectivity index (χ2v) is 3.81. The van der Waals surface area contributed by atoms with Crippen LogP contribution in [-0.4, -0.2) is 19.7 Å². The quantitative estimate of drug-likeness (QED) is 0.471. The van der Waals surface area contributed by atoms with E-state index in [9.17, 15) is 10.1 Å². The normalized spacial score (nSPS) is 11.1. The number of non-ortho nitro benzene ring substituents is 1. The predicted octanol–water partition coefficient (Wildman–Crippen LogP) is 2.03. The molecule has 0 aliphatic heterocycles. The van der Waals surface area contributed by atoms with E-state index in [0.29, 0.717) is 0 Å². The molecule has 0 radical (unpaired) electrons. The lowest BCUT2D eigenvalue weighted by atomic mass is 10.2. The Labute approximate surface area is 95.6 Å². The molecule has 0 saturated carbocycles. The fourth-order valence-corrected chi connectivity index (χ4v) is 2.07. The number of nitro groups is 1. The Kier molecular flexibility index (Phi) is 1.85. The van der Waals surface area contributed by atoms with Gasteiger partial charge in [0.25, 0.3) is 5.69 Å². The minimum absolute atomic E-state index is 0.0850. The van der Waals surface area contributed by atoms with E-state index in [1.54, 1.807) is 24.5 Å². The Morgan fingerprint density at radius 2 is 1.94 bits per heavy atom. The van der Waals surface area contributed by atoms with Crippen LogP contribution in [0.1, 0.15) is 0 Å². The van der Waals surface area contributed by atoms with Crippen LogP contribution in [0.25, 0.3) is 21.8 Å². The maximum atomic E-state index is 10.8. The fourth-order valence-electron chi connectivity index (χ4n) is 2.07. The molecule has 1 aromatic carbocycles. The van der Waals surface area contributed by atoms with E-state index in [0.717, 1.165) is 21.8 Å². The Morgan fingerprint density at radius 1 is 1.18 bits per heavy atom. The molecule has 0 unspecified atom stereocenters. The number of benzene rings is 1. The molecule has 0 amide bonds. The first kappa shape index (κ1) is 9.71. The second kappa shape index (κ2) is 3.24. The topological polar surface area (TPSA) is 73.8 Å². The molecule has 2 heterocycles. The Hall–Kier alpha value is -2.50. The van der Waals surface area contributed by atoms with Gasteiger partial charge < -0.3 is 4.57 Å². The summed E-state index contributed by atoms with van der Waals surface area (Å²) in [4.78, 5) is 10.4. The molecule has 3 aromatic rings. The summed E-state index contributed by atoms with van der Waals surface area (Å²) in [5.74, 6) is 0. The summed E-state index contributed by atoms with van der Waals surface area (Å²) in [5.41, 5.74) is 1.93. The van der Waals surface area contributed by atoms with Gasteiger partial charge in [0, 0.05) is 35.5 Å². The highest BCUT2D eigenvalue weighted by molar-refractivity contribution is 6.08. The molecule has 0 atom stereocenters. The number of fused-ring (bicyclic) bond motifs is 3. The van der Waals surface area contributed by atoms with Gasteiger partial charge in [0.05, 0.1) is 22.8 Å². The van der Waals surface area contributed by atoms with Crippen LogP contribution in [-0.2, 0) is 7.05 Å². The summed E-state index contributed by atoms with van der Waals surface area (Å²) in [5, 5.41) is 20.1. The van der Waals surface area contributed by atoms with Gasteiger partial charge in [-0.3, -0.25) is 10.1 Å². The van der Waals surface area contributed by atoms with E-state index < -0.39 is 4.92 Å². The van der Waals surface area contributed by atoms with Gasteiger partial charge in [0.2, 0.25) is 0 Å². The molecule has 0 bridgehead atoms. The van der Waals surface area contributed by atoms with E-state index in [4.69, 9.17) is 0 Å². The summed E-state index contributed by atoms with van der Waals surface area (Å²) in [7, 11) is 1.90. The van der Waals surface area contributed by atoms with E-state index >= 15 is 0 Å². The maximum absolute atomic E-state index is 10.8. The molecule has 0 spiro atoms. The van der Waals surface area contributed by atoms with Crippen LogP contribution in [0.5, 0.6) is 0 Å². The Balaban J connectivity index is 2.50. The zero-order chi connectivity index (χ0) is 12.0. The summed E-state index contributed by atoms with van der Waals surface area (Å²) in [6, 6.07) is 4.81. The minimum atomic E-state index is -0.396. The highest BCUT2D eigenvalue weighted by Gasteiger charge is 2.12. The van der Waals surface area contributed by atoms with Crippen LogP contribution in [0.3, 0.4) is 0 Å². The maximum Gasteiger partial charge on any atom is 0.270 e. The lowest BCUT2D eigenvalue weighted by Gasteiger charge is -1.96. The van der Waals surface area contributed by atoms with Crippen LogP contribution in [0.15, 0.2) is 30.6 Å². The van der Waals surface area contributed by atoms with Gasteiger partial charge in [-0.1, -0.05) is 0 Å². The lowest BCUT2D eigenvalue weighted by Crippen LogP contribution is -1.89. The molecule has 0 fully saturated rings. The van der Waals surface area contributed by atoms with E-state index in [2.05, 4.69) is 10.2 Å². The van der Waals surface area contributed by atoms with Crippen molar-refractivity contribution in [2.75, 3.05) is 0 Å². The number of hydrogen-bond donors (Lipinski definition) is 0. The number of nitrogens with zero attached hydrogens (tertiary/aromatic N) is 4. The molecule has 17 heavy (non-hydrogen) atoms. The smallest absolute Gasteiger partial charge is 0.270 e. The first-order chi connectivity index (χ1) is 8.18. The number of rotatable bonds is 1. The Morgan fingerprint density at radius 3 is 2.71 bits per heavy atom. The van der Waals surface area contributed by atoms with Crippen molar-refractivity contribution < 1.29 is 4.92 Å². The third kappa shape index (κ3) is 1.27. The molecule has 3 rings (SSSR count). The standard InChI is InChI=1S/C11H8N4O2/c1-14-10-3-2-7(15(16)17)4-8(10)9-5-12-13-6-11(9)14/h2-6H,1H3. The first-order valence-corrected chi connectivity index (χ1v) is 5.01. The monoisotopic (exact) mass is 228 g/mol.